The lowest BCUT2D eigenvalue weighted by Gasteiger charge is -2.13. The third kappa shape index (κ3) is 1.30. The lowest BCUT2D eigenvalue weighted by Crippen LogP contribution is -2.19. The summed E-state index contributed by atoms with van der Waals surface area (Å²) in [5.74, 6) is 0.207. The zero-order chi connectivity index (χ0) is 14.7. The second kappa shape index (κ2) is 3.85. The van der Waals surface area contributed by atoms with Crippen molar-refractivity contribution in [2.24, 2.45) is 7.05 Å². The Balaban J connectivity index is 2.28. The molecular formula is C16H12N2O3. The Hall–Kier alpha value is -2.82. The minimum atomic E-state index is -0.279. The van der Waals surface area contributed by atoms with Crippen molar-refractivity contribution in [3.05, 3.63) is 52.3 Å². The van der Waals surface area contributed by atoms with Crippen LogP contribution in [-0.2, 0) is 7.05 Å². The number of aromatic nitrogens is 2. The van der Waals surface area contributed by atoms with Gasteiger partial charge in [-0.3, -0.25) is 14.2 Å². The molecule has 3 heterocycles. The van der Waals surface area contributed by atoms with E-state index in [0.29, 0.717) is 16.8 Å². The first kappa shape index (κ1) is 12.0. The molecule has 0 bridgehead atoms. The number of carbonyl (C=O) groups is 1. The summed E-state index contributed by atoms with van der Waals surface area (Å²) in [4.78, 5) is 25.3. The lowest BCUT2D eigenvalue weighted by molar-refractivity contribution is 0.0968. The number of pyridine rings is 1. The van der Waals surface area contributed by atoms with Crippen molar-refractivity contribution in [2.45, 2.75) is 0 Å². The Kier molecular flexibility index (Phi) is 2.19. The predicted molar refractivity (Wildman–Crippen MR) is 78.9 cm³/mol. The first-order chi connectivity index (χ1) is 10.1. The van der Waals surface area contributed by atoms with Gasteiger partial charge in [-0.2, -0.15) is 0 Å². The fraction of sp³-hybridized carbons (Fsp3) is 0.125. The predicted octanol–water partition coefficient (Wildman–Crippen LogP) is 2.02. The molecule has 5 nitrogen and oxygen atoms in total. The Morgan fingerprint density at radius 1 is 1.10 bits per heavy atom. The van der Waals surface area contributed by atoms with Crippen molar-refractivity contribution < 1.29 is 9.53 Å². The Morgan fingerprint density at radius 2 is 1.90 bits per heavy atom. The third-order valence-electron chi connectivity index (χ3n) is 4.04. The monoisotopic (exact) mass is 280 g/mol. The van der Waals surface area contributed by atoms with Gasteiger partial charge in [0, 0.05) is 13.2 Å². The van der Waals surface area contributed by atoms with Crippen molar-refractivity contribution in [3.8, 4) is 17.1 Å². The average Bonchev–Trinajstić information content (AvgIpc) is 3.07. The summed E-state index contributed by atoms with van der Waals surface area (Å²) in [5, 5.41) is 0.445. The molecule has 0 amide bonds. The summed E-state index contributed by atoms with van der Waals surface area (Å²) >= 11 is 0. The Bertz CT molecular complexity index is 979. The summed E-state index contributed by atoms with van der Waals surface area (Å²) in [6.07, 6.45) is 1.68. The number of hydrogen-bond acceptors (Lipinski definition) is 3. The molecule has 0 N–H and O–H groups in total. The fourth-order valence-electron chi connectivity index (χ4n) is 3.09. The average molecular weight is 280 g/mol. The second-order valence-corrected chi connectivity index (χ2v) is 5.03. The minimum absolute atomic E-state index is 0.213. The van der Waals surface area contributed by atoms with E-state index in [2.05, 4.69) is 0 Å². The van der Waals surface area contributed by atoms with Gasteiger partial charge in [-0.05, 0) is 24.3 Å². The molecule has 21 heavy (non-hydrogen) atoms. The molecule has 0 saturated heterocycles. The highest BCUT2D eigenvalue weighted by atomic mass is 16.5. The van der Waals surface area contributed by atoms with Crippen LogP contribution in [0.2, 0.25) is 0 Å². The van der Waals surface area contributed by atoms with Crippen LogP contribution in [0.3, 0.4) is 0 Å². The maximum absolute atomic E-state index is 12.8. The van der Waals surface area contributed by atoms with Gasteiger partial charge in [0.1, 0.15) is 11.3 Å². The van der Waals surface area contributed by atoms with Crippen LogP contribution < -0.4 is 10.2 Å². The molecule has 0 atom stereocenters. The molecule has 0 radical (unpaired) electrons. The van der Waals surface area contributed by atoms with Crippen LogP contribution in [0.5, 0.6) is 5.75 Å². The molecule has 104 valence electrons. The molecule has 4 rings (SSSR count). The molecule has 0 spiro atoms. The van der Waals surface area contributed by atoms with Gasteiger partial charge in [-0.1, -0.05) is 6.07 Å². The minimum Gasteiger partial charge on any atom is -0.496 e. The zero-order valence-electron chi connectivity index (χ0n) is 11.6. The summed E-state index contributed by atoms with van der Waals surface area (Å²) in [6, 6.07) is 9.07. The molecule has 1 aliphatic heterocycles. The summed E-state index contributed by atoms with van der Waals surface area (Å²) in [6.45, 7) is 0. The van der Waals surface area contributed by atoms with E-state index >= 15 is 0 Å². The number of nitrogens with zero attached hydrogens (tertiary/aromatic N) is 2. The van der Waals surface area contributed by atoms with E-state index in [0.717, 1.165) is 11.2 Å². The van der Waals surface area contributed by atoms with E-state index in [-0.39, 0.29) is 16.9 Å². The van der Waals surface area contributed by atoms with Crippen molar-refractivity contribution >= 4 is 16.8 Å². The van der Waals surface area contributed by atoms with Gasteiger partial charge in [-0.25, -0.2) is 0 Å². The van der Waals surface area contributed by atoms with E-state index in [1.807, 2.05) is 29.8 Å². The Labute approximate surface area is 120 Å². The van der Waals surface area contributed by atoms with Gasteiger partial charge in [0.2, 0.25) is 5.43 Å². The van der Waals surface area contributed by atoms with E-state index in [4.69, 9.17) is 4.74 Å². The van der Waals surface area contributed by atoms with Crippen molar-refractivity contribution in [2.75, 3.05) is 7.11 Å². The molecular weight excluding hydrogens is 268 g/mol. The van der Waals surface area contributed by atoms with E-state index in [9.17, 15) is 9.59 Å². The number of benzene rings is 1. The van der Waals surface area contributed by atoms with E-state index in [1.54, 1.807) is 18.3 Å². The first-order valence-corrected chi connectivity index (χ1v) is 6.57. The highest BCUT2D eigenvalue weighted by Crippen LogP contribution is 2.34. The quantitative estimate of drug-likeness (QED) is 0.536. The topological polar surface area (TPSA) is 53.2 Å². The van der Waals surface area contributed by atoms with Crippen molar-refractivity contribution in [3.63, 3.8) is 0 Å². The molecule has 5 heteroatoms. The Morgan fingerprint density at radius 3 is 2.67 bits per heavy atom. The summed E-state index contributed by atoms with van der Waals surface area (Å²) < 4.78 is 8.68. The maximum Gasteiger partial charge on any atom is 0.268 e. The first-order valence-electron chi connectivity index (χ1n) is 6.57. The highest BCUT2D eigenvalue weighted by molar-refractivity contribution is 6.10. The number of carbonyl (C=O) groups excluding carboxylic acids is 1. The van der Waals surface area contributed by atoms with Gasteiger partial charge in [-0.15, -0.1) is 0 Å². The zero-order valence-corrected chi connectivity index (χ0v) is 11.6. The van der Waals surface area contributed by atoms with Crippen molar-refractivity contribution in [1.82, 2.24) is 9.13 Å². The van der Waals surface area contributed by atoms with Gasteiger partial charge >= 0.3 is 0 Å². The van der Waals surface area contributed by atoms with Crippen LogP contribution in [0.15, 0.2) is 41.3 Å². The van der Waals surface area contributed by atoms with Gasteiger partial charge in [0.15, 0.2) is 0 Å². The fourth-order valence-corrected chi connectivity index (χ4v) is 3.09. The van der Waals surface area contributed by atoms with Crippen LogP contribution in [0.4, 0.5) is 0 Å². The maximum atomic E-state index is 12.8. The van der Waals surface area contributed by atoms with Gasteiger partial charge in [0.25, 0.3) is 5.91 Å². The molecule has 0 saturated carbocycles. The number of fused-ring (bicyclic) bond motifs is 4. The number of ether oxygens (including phenoxy) is 1. The highest BCUT2D eigenvalue weighted by Gasteiger charge is 2.32. The SMILES string of the molecule is COc1cccc2c1c(=O)c1c(n2C)-c2cccn2C1=O. The molecule has 2 aromatic heterocycles. The van der Waals surface area contributed by atoms with Crippen LogP contribution in [0, 0.1) is 0 Å². The summed E-state index contributed by atoms with van der Waals surface area (Å²) in [5.41, 5.74) is 2.10. The van der Waals surface area contributed by atoms with Crippen LogP contribution >= 0.6 is 0 Å². The number of methoxy groups -OCH3 is 1. The summed E-state index contributed by atoms with van der Waals surface area (Å²) in [7, 11) is 3.38. The molecule has 0 unspecified atom stereocenters. The number of rotatable bonds is 1. The van der Waals surface area contributed by atoms with E-state index < -0.39 is 0 Å². The largest absolute Gasteiger partial charge is 0.496 e. The second-order valence-electron chi connectivity index (χ2n) is 5.03. The van der Waals surface area contributed by atoms with Crippen molar-refractivity contribution in [1.29, 1.82) is 0 Å². The third-order valence-corrected chi connectivity index (χ3v) is 4.04. The van der Waals surface area contributed by atoms with Crippen LogP contribution in [0.25, 0.3) is 22.3 Å². The molecule has 0 aliphatic carbocycles. The molecule has 3 aromatic rings. The standard InChI is InChI=1S/C16H12N2O3/c1-17-9-5-3-7-11(21-2)12(9)15(19)13-14(17)10-6-4-8-18(10)16(13)20/h3-8H,1-2H3. The van der Waals surface area contributed by atoms with Crippen LogP contribution in [0.1, 0.15) is 10.4 Å². The van der Waals surface area contributed by atoms with Gasteiger partial charge < -0.3 is 9.30 Å². The smallest absolute Gasteiger partial charge is 0.268 e. The van der Waals surface area contributed by atoms with Crippen LogP contribution in [-0.4, -0.2) is 22.2 Å². The number of hydrogen-bond donors (Lipinski definition) is 0. The molecule has 1 aromatic carbocycles. The number of aryl methyl sites for hydroxylation is 1. The van der Waals surface area contributed by atoms with Gasteiger partial charge in [0.05, 0.1) is 29.4 Å². The molecule has 0 fully saturated rings. The lowest BCUT2D eigenvalue weighted by atomic mass is 10.1. The normalized spacial score (nSPS) is 12.6. The van der Waals surface area contributed by atoms with E-state index in [1.165, 1.54) is 11.7 Å². The molecule has 1 aliphatic rings.